The van der Waals surface area contributed by atoms with Crippen LogP contribution in [-0.2, 0) is 11.2 Å². The van der Waals surface area contributed by atoms with Crippen LogP contribution in [0.5, 0.6) is 0 Å². The first kappa shape index (κ1) is 14.0. The molecule has 1 aliphatic rings. The van der Waals surface area contributed by atoms with Crippen LogP contribution >= 0.6 is 0 Å². The van der Waals surface area contributed by atoms with Crippen LogP contribution < -0.4 is 10.6 Å². The number of hydrogen-bond donors (Lipinski definition) is 2. The molecule has 1 amide bonds. The van der Waals surface area contributed by atoms with Crippen LogP contribution in [0.15, 0.2) is 18.3 Å². The quantitative estimate of drug-likeness (QED) is 0.874. The average molecular weight is 261 g/mol. The summed E-state index contributed by atoms with van der Waals surface area (Å²) in [6, 6.07) is 4.06. The lowest BCUT2D eigenvalue weighted by Crippen LogP contribution is -2.50. The fraction of sp³-hybridized carbons (Fsp3) is 0.600. The molecule has 1 aromatic rings. The van der Waals surface area contributed by atoms with Gasteiger partial charge in [0.05, 0.1) is 17.8 Å². The molecule has 1 aromatic heterocycles. The number of nitrogens with one attached hydrogen (secondary N) is 2. The fourth-order valence-corrected chi connectivity index (χ4v) is 2.43. The molecule has 104 valence electrons. The second kappa shape index (κ2) is 5.29. The predicted octanol–water partition coefficient (Wildman–Crippen LogP) is 1.96. The Hall–Kier alpha value is -1.42. The Morgan fingerprint density at radius 1 is 1.47 bits per heavy atom. The van der Waals surface area contributed by atoms with Crippen LogP contribution in [-0.4, -0.2) is 22.5 Å². The van der Waals surface area contributed by atoms with Gasteiger partial charge in [-0.1, -0.05) is 6.07 Å². The Bertz CT molecular complexity index is 465. The van der Waals surface area contributed by atoms with E-state index in [-0.39, 0.29) is 23.5 Å². The first-order chi connectivity index (χ1) is 8.87. The zero-order valence-electron chi connectivity index (χ0n) is 12.2. The third-order valence-electron chi connectivity index (χ3n) is 3.30. The van der Waals surface area contributed by atoms with Crippen LogP contribution in [0.4, 0.5) is 0 Å². The summed E-state index contributed by atoms with van der Waals surface area (Å²) in [6.45, 7) is 7.88. The minimum absolute atomic E-state index is 0.0388. The highest BCUT2D eigenvalue weighted by Gasteiger charge is 2.27. The lowest BCUT2D eigenvalue weighted by molar-refractivity contribution is -0.124. The van der Waals surface area contributed by atoms with Gasteiger partial charge in [-0.05, 0) is 52.2 Å². The zero-order chi connectivity index (χ0) is 14.0. The van der Waals surface area contributed by atoms with Crippen molar-refractivity contribution in [1.29, 1.82) is 0 Å². The number of fused-ring (bicyclic) bond motifs is 1. The largest absolute Gasteiger partial charge is 0.350 e. The zero-order valence-corrected chi connectivity index (χ0v) is 12.2. The first-order valence-corrected chi connectivity index (χ1v) is 6.89. The second-order valence-corrected chi connectivity index (χ2v) is 6.27. The van der Waals surface area contributed by atoms with Crippen LogP contribution in [0, 0.1) is 0 Å². The molecular formula is C15H23N3O. The van der Waals surface area contributed by atoms with Crippen molar-refractivity contribution in [2.24, 2.45) is 0 Å². The van der Waals surface area contributed by atoms with E-state index in [4.69, 9.17) is 0 Å². The maximum atomic E-state index is 12.1. The average Bonchev–Trinajstić information content (AvgIpc) is 2.70. The minimum atomic E-state index is -0.211. The molecule has 2 rings (SSSR count). The van der Waals surface area contributed by atoms with Gasteiger partial charge in [0.2, 0.25) is 5.91 Å². The molecule has 2 unspecified atom stereocenters. The predicted molar refractivity (Wildman–Crippen MR) is 75.8 cm³/mol. The number of rotatable bonds is 3. The van der Waals surface area contributed by atoms with Gasteiger partial charge in [-0.25, -0.2) is 0 Å². The molecule has 1 heterocycles. The van der Waals surface area contributed by atoms with Crippen LogP contribution in [0.25, 0.3) is 0 Å². The summed E-state index contributed by atoms with van der Waals surface area (Å²) in [4.78, 5) is 16.5. The lowest BCUT2D eigenvalue weighted by atomic mass is 10.1. The Kier molecular flexibility index (Phi) is 3.90. The first-order valence-electron chi connectivity index (χ1n) is 6.89. The van der Waals surface area contributed by atoms with E-state index in [1.165, 1.54) is 5.56 Å². The maximum absolute atomic E-state index is 12.1. The van der Waals surface area contributed by atoms with E-state index in [1.807, 2.05) is 40.0 Å². The van der Waals surface area contributed by atoms with E-state index in [1.54, 1.807) is 0 Å². The Morgan fingerprint density at radius 2 is 2.21 bits per heavy atom. The standard InChI is InChI=1S/C15H23N3O/c1-10(14(19)18-15(2,3)4)17-12-8-7-11-6-5-9-16-13(11)12/h5-6,9-10,12,17H,7-8H2,1-4H3,(H,18,19). The van der Waals surface area contributed by atoms with E-state index < -0.39 is 0 Å². The Morgan fingerprint density at radius 3 is 2.89 bits per heavy atom. The van der Waals surface area contributed by atoms with E-state index in [2.05, 4.69) is 21.7 Å². The second-order valence-electron chi connectivity index (χ2n) is 6.27. The van der Waals surface area contributed by atoms with Gasteiger partial charge in [0.1, 0.15) is 0 Å². The number of nitrogens with zero attached hydrogens (tertiary/aromatic N) is 1. The van der Waals surface area contributed by atoms with Crippen molar-refractivity contribution >= 4 is 5.91 Å². The molecule has 0 saturated carbocycles. The molecule has 0 aliphatic heterocycles. The van der Waals surface area contributed by atoms with Crippen molar-refractivity contribution in [2.45, 2.75) is 58.2 Å². The number of aryl methyl sites for hydroxylation is 1. The van der Waals surface area contributed by atoms with Crippen molar-refractivity contribution in [3.05, 3.63) is 29.6 Å². The van der Waals surface area contributed by atoms with E-state index >= 15 is 0 Å². The van der Waals surface area contributed by atoms with Crippen molar-refractivity contribution in [3.8, 4) is 0 Å². The highest BCUT2D eigenvalue weighted by Crippen LogP contribution is 2.29. The molecular weight excluding hydrogens is 238 g/mol. The summed E-state index contributed by atoms with van der Waals surface area (Å²) in [6.07, 6.45) is 3.87. The third-order valence-corrected chi connectivity index (χ3v) is 3.30. The van der Waals surface area contributed by atoms with E-state index in [0.717, 1.165) is 18.5 Å². The Labute approximate surface area is 115 Å². The summed E-state index contributed by atoms with van der Waals surface area (Å²) in [5, 5.41) is 6.38. The number of pyridine rings is 1. The molecule has 4 heteroatoms. The topological polar surface area (TPSA) is 54.0 Å². The summed E-state index contributed by atoms with van der Waals surface area (Å²) in [5.41, 5.74) is 2.19. The van der Waals surface area contributed by atoms with Crippen LogP contribution in [0.3, 0.4) is 0 Å². The number of amides is 1. The third kappa shape index (κ3) is 3.53. The fourth-order valence-electron chi connectivity index (χ4n) is 2.43. The SMILES string of the molecule is CC(NC1CCc2cccnc21)C(=O)NC(C)(C)C. The highest BCUT2D eigenvalue weighted by molar-refractivity contribution is 5.82. The van der Waals surface area contributed by atoms with Crippen molar-refractivity contribution in [3.63, 3.8) is 0 Å². The molecule has 0 aromatic carbocycles. The van der Waals surface area contributed by atoms with Crippen LogP contribution in [0.1, 0.15) is 51.4 Å². The van der Waals surface area contributed by atoms with Gasteiger partial charge in [-0.3, -0.25) is 15.1 Å². The molecule has 1 aliphatic carbocycles. The van der Waals surface area contributed by atoms with Gasteiger partial charge >= 0.3 is 0 Å². The van der Waals surface area contributed by atoms with Gasteiger partial charge in [0.15, 0.2) is 0 Å². The number of aromatic nitrogens is 1. The molecule has 19 heavy (non-hydrogen) atoms. The molecule has 0 bridgehead atoms. The minimum Gasteiger partial charge on any atom is -0.350 e. The Balaban J connectivity index is 1.97. The summed E-state index contributed by atoms with van der Waals surface area (Å²) in [5.74, 6) is 0.0388. The van der Waals surface area contributed by atoms with Gasteiger partial charge in [-0.2, -0.15) is 0 Å². The van der Waals surface area contributed by atoms with Gasteiger partial charge in [0, 0.05) is 11.7 Å². The molecule has 0 fully saturated rings. The van der Waals surface area contributed by atoms with E-state index in [0.29, 0.717) is 0 Å². The maximum Gasteiger partial charge on any atom is 0.237 e. The number of carbonyl (C=O) groups is 1. The lowest BCUT2D eigenvalue weighted by Gasteiger charge is -2.25. The van der Waals surface area contributed by atoms with Gasteiger partial charge < -0.3 is 5.32 Å². The van der Waals surface area contributed by atoms with Crippen molar-refractivity contribution in [1.82, 2.24) is 15.6 Å². The summed E-state index contributed by atoms with van der Waals surface area (Å²) < 4.78 is 0. The molecule has 4 nitrogen and oxygen atoms in total. The molecule has 2 atom stereocenters. The van der Waals surface area contributed by atoms with Crippen molar-refractivity contribution < 1.29 is 4.79 Å². The molecule has 0 radical (unpaired) electrons. The molecule has 2 N–H and O–H groups in total. The smallest absolute Gasteiger partial charge is 0.237 e. The molecule has 0 spiro atoms. The summed E-state index contributed by atoms with van der Waals surface area (Å²) >= 11 is 0. The van der Waals surface area contributed by atoms with Crippen molar-refractivity contribution in [2.75, 3.05) is 0 Å². The molecule has 0 saturated heterocycles. The monoisotopic (exact) mass is 261 g/mol. The summed E-state index contributed by atoms with van der Waals surface area (Å²) in [7, 11) is 0. The number of hydrogen-bond acceptors (Lipinski definition) is 3. The van der Waals surface area contributed by atoms with Crippen LogP contribution in [0.2, 0.25) is 0 Å². The normalized spacial score (nSPS) is 19.9. The highest BCUT2D eigenvalue weighted by atomic mass is 16.2. The van der Waals surface area contributed by atoms with Gasteiger partial charge in [0.25, 0.3) is 0 Å². The van der Waals surface area contributed by atoms with Gasteiger partial charge in [-0.15, -0.1) is 0 Å². The number of carbonyl (C=O) groups excluding carboxylic acids is 1. The van der Waals surface area contributed by atoms with E-state index in [9.17, 15) is 4.79 Å².